The van der Waals surface area contributed by atoms with Crippen LogP contribution in [0, 0.1) is 10.1 Å². The molecule has 1 amide bonds. The number of carbonyl (C=O) groups is 1. The number of non-ortho nitro benzene ring substituents is 1. The first kappa shape index (κ1) is 20.1. The second kappa shape index (κ2) is 8.66. The first-order chi connectivity index (χ1) is 15.0. The number of carbonyl (C=O) groups excluding carboxylic acids is 1. The third kappa shape index (κ3) is 4.53. The first-order valence-electron chi connectivity index (χ1n) is 9.62. The van der Waals surface area contributed by atoms with Crippen LogP contribution in [0.4, 0.5) is 11.4 Å². The van der Waals surface area contributed by atoms with Crippen LogP contribution in [0.2, 0.25) is 0 Å². The molecule has 0 radical (unpaired) electrons. The summed E-state index contributed by atoms with van der Waals surface area (Å²) in [6, 6.07) is 19.4. The molecule has 3 aromatic rings. The van der Waals surface area contributed by atoms with Gasteiger partial charge in [0, 0.05) is 36.5 Å². The van der Waals surface area contributed by atoms with Crippen LogP contribution in [-0.4, -0.2) is 24.2 Å². The molecule has 8 nitrogen and oxygen atoms in total. The molecule has 1 N–H and O–H groups in total. The number of hydrogen-bond donors (Lipinski definition) is 1. The van der Waals surface area contributed by atoms with E-state index in [2.05, 4.69) is 15.4 Å². The van der Waals surface area contributed by atoms with Gasteiger partial charge in [-0.05, 0) is 65.2 Å². The molecule has 0 fully saturated rings. The van der Waals surface area contributed by atoms with Gasteiger partial charge in [0.2, 0.25) is 0 Å². The highest BCUT2D eigenvalue weighted by Crippen LogP contribution is 2.30. The smallest absolute Gasteiger partial charge is 0.271 e. The fourth-order valence-corrected chi connectivity index (χ4v) is 3.42. The topological polar surface area (TPSA) is 97.1 Å². The largest absolute Gasteiger partial charge is 0.497 e. The Balaban J connectivity index is 1.39. The number of nitrogens with zero attached hydrogens (tertiary/aromatic N) is 3. The first-order valence-corrected chi connectivity index (χ1v) is 9.62. The molecule has 1 aliphatic heterocycles. The second-order valence-corrected chi connectivity index (χ2v) is 7.09. The van der Waals surface area contributed by atoms with Crippen LogP contribution in [0.5, 0.6) is 5.75 Å². The highest BCUT2D eigenvalue weighted by molar-refractivity contribution is 5.95. The molecule has 156 valence electrons. The Labute approximate surface area is 178 Å². The zero-order valence-electron chi connectivity index (χ0n) is 16.8. The lowest BCUT2D eigenvalue weighted by atomic mass is 10.1. The molecular formula is C23H20N4O4. The zero-order chi connectivity index (χ0) is 21.8. The Morgan fingerprint density at radius 2 is 1.77 bits per heavy atom. The lowest BCUT2D eigenvalue weighted by Crippen LogP contribution is -2.17. The highest BCUT2D eigenvalue weighted by atomic mass is 16.6. The number of benzene rings is 3. The Hall–Kier alpha value is -4.20. The van der Waals surface area contributed by atoms with Crippen molar-refractivity contribution in [3.63, 3.8) is 0 Å². The molecule has 0 unspecified atom stereocenters. The third-order valence-corrected chi connectivity index (χ3v) is 5.11. The number of rotatable bonds is 6. The molecule has 0 saturated carbocycles. The van der Waals surface area contributed by atoms with Crippen molar-refractivity contribution < 1.29 is 14.5 Å². The Kier molecular flexibility index (Phi) is 5.61. The standard InChI is InChI=1S/C23H20N4O4/c1-31-22-10-8-20(9-11-22)26-14-18-5-4-17(12-19(18)15-26)23(28)25-24-13-16-2-6-21(7-3-16)27(29)30/h2-13H,14-15H2,1H3,(H,25,28)/b24-13-. The van der Waals surface area contributed by atoms with Gasteiger partial charge in [-0.3, -0.25) is 14.9 Å². The third-order valence-electron chi connectivity index (χ3n) is 5.11. The Morgan fingerprint density at radius 1 is 1.06 bits per heavy atom. The fourth-order valence-electron chi connectivity index (χ4n) is 3.42. The van der Waals surface area contributed by atoms with E-state index in [1.165, 1.54) is 23.9 Å². The van der Waals surface area contributed by atoms with Crippen LogP contribution in [0.25, 0.3) is 0 Å². The minimum atomic E-state index is -0.466. The van der Waals surface area contributed by atoms with E-state index in [4.69, 9.17) is 4.74 Å². The number of nitro groups is 1. The number of amides is 1. The van der Waals surface area contributed by atoms with Gasteiger partial charge >= 0.3 is 0 Å². The van der Waals surface area contributed by atoms with E-state index in [-0.39, 0.29) is 11.6 Å². The lowest BCUT2D eigenvalue weighted by molar-refractivity contribution is -0.384. The lowest BCUT2D eigenvalue weighted by Gasteiger charge is -2.17. The van der Waals surface area contributed by atoms with Crippen molar-refractivity contribution in [2.45, 2.75) is 13.1 Å². The maximum Gasteiger partial charge on any atom is 0.271 e. The molecular weight excluding hydrogens is 396 g/mol. The summed E-state index contributed by atoms with van der Waals surface area (Å²) >= 11 is 0. The molecule has 1 aliphatic rings. The molecule has 0 bridgehead atoms. The molecule has 0 aromatic heterocycles. The van der Waals surface area contributed by atoms with Crippen molar-refractivity contribution in [1.82, 2.24) is 5.43 Å². The van der Waals surface area contributed by atoms with Gasteiger partial charge in [-0.1, -0.05) is 6.07 Å². The van der Waals surface area contributed by atoms with Gasteiger partial charge in [0.1, 0.15) is 5.75 Å². The predicted octanol–water partition coefficient (Wildman–Crippen LogP) is 3.89. The van der Waals surface area contributed by atoms with Crippen LogP contribution < -0.4 is 15.1 Å². The van der Waals surface area contributed by atoms with E-state index < -0.39 is 4.92 Å². The number of methoxy groups -OCH3 is 1. The van der Waals surface area contributed by atoms with E-state index in [0.717, 1.165) is 30.1 Å². The van der Waals surface area contributed by atoms with Crippen LogP contribution >= 0.6 is 0 Å². The van der Waals surface area contributed by atoms with Gasteiger partial charge in [-0.15, -0.1) is 0 Å². The van der Waals surface area contributed by atoms with Gasteiger partial charge in [-0.25, -0.2) is 5.43 Å². The summed E-state index contributed by atoms with van der Waals surface area (Å²) in [7, 11) is 1.64. The van der Waals surface area contributed by atoms with Crippen molar-refractivity contribution >= 4 is 23.5 Å². The minimum Gasteiger partial charge on any atom is -0.497 e. The molecule has 31 heavy (non-hydrogen) atoms. The van der Waals surface area contributed by atoms with E-state index in [1.807, 2.05) is 36.4 Å². The molecule has 0 saturated heterocycles. The van der Waals surface area contributed by atoms with E-state index in [1.54, 1.807) is 25.3 Å². The summed E-state index contributed by atoms with van der Waals surface area (Å²) in [6.45, 7) is 1.50. The van der Waals surface area contributed by atoms with Gasteiger partial charge in [0.25, 0.3) is 11.6 Å². The summed E-state index contributed by atoms with van der Waals surface area (Å²) in [4.78, 5) is 24.9. The van der Waals surface area contributed by atoms with Gasteiger partial charge in [0.15, 0.2) is 0 Å². The molecule has 0 aliphatic carbocycles. The monoisotopic (exact) mass is 416 g/mol. The molecule has 0 atom stereocenters. The van der Waals surface area contributed by atoms with E-state index >= 15 is 0 Å². The van der Waals surface area contributed by atoms with Crippen LogP contribution in [-0.2, 0) is 13.1 Å². The highest BCUT2D eigenvalue weighted by Gasteiger charge is 2.20. The van der Waals surface area contributed by atoms with Gasteiger partial charge in [-0.2, -0.15) is 5.10 Å². The molecule has 0 spiro atoms. The second-order valence-electron chi connectivity index (χ2n) is 7.09. The van der Waals surface area contributed by atoms with Crippen LogP contribution in [0.1, 0.15) is 27.0 Å². The number of nitro benzene ring substituents is 1. The maximum atomic E-state index is 12.5. The SMILES string of the molecule is COc1ccc(N2Cc3ccc(C(=O)N/N=C\c4ccc([N+](=O)[O-])cc4)cc3C2)cc1. The number of anilines is 1. The zero-order valence-corrected chi connectivity index (χ0v) is 16.8. The molecule has 1 heterocycles. The molecule has 8 heteroatoms. The Bertz CT molecular complexity index is 1140. The summed E-state index contributed by atoms with van der Waals surface area (Å²) in [5.41, 5.74) is 7.05. The molecule has 3 aromatic carbocycles. The average Bonchev–Trinajstić information content (AvgIpc) is 3.23. The van der Waals surface area contributed by atoms with Crippen LogP contribution in [0.15, 0.2) is 71.8 Å². The Morgan fingerprint density at radius 3 is 2.45 bits per heavy atom. The number of ether oxygens (including phenoxy) is 1. The van der Waals surface area contributed by atoms with Crippen molar-refractivity contribution in [3.8, 4) is 5.75 Å². The van der Waals surface area contributed by atoms with Crippen LogP contribution in [0.3, 0.4) is 0 Å². The fraction of sp³-hybridized carbons (Fsp3) is 0.130. The molecule has 4 rings (SSSR count). The minimum absolute atomic E-state index is 0.00279. The van der Waals surface area contributed by atoms with E-state index in [0.29, 0.717) is 11.1 Å². The maximum absolute atomic E-state index is 12.5. The normalized spacial score (nSPS) is 12.6. The van der Waals surface area contributed by atoms with Crippen molar-refractivity contribution in [3.05, 3.63) is 99.1 Å². The van der Waals surface area contributed by atoms with Gasteiger partial charge in [0.05, 0.1) is 18.2 Å². The number of fused-ring (bicyclic) bond motifs is 1. The number of nitrogens with one attached hydrogen (secondary N) is 1. The quantitative estimate of drug-likeness (QED) is 0.374. The predicted molar refractivity (Wildman–Crippen MR) is 117 cm³/mol. The van der Waals surface area contributed by atoms with Crippen molar-refractivity contribution in [2.24, 2.45) is 5.10 Å². The number of hydrogen-bond acceptors (Lipinski definition) is 6. The summed E-state index contributed by atoms with van der Waals surface area (Å²) in [6.07, 6.45) is 1.44. The van der Waals surface area contributed by atoms with Crippen molar-refractivity contribution in [1.29, 1.82) is 0 Å². The summed E-state index contributed by atoms with van der Waals surface area (Å²) in [5.74, 6) is 0.498. The number of hydrazone groups is 1. The van der Waals surface area contributed by atoms with Gasteiger partial charge < -0.3 is 9.64 Å². The summed E-state index contributed by atoms with van der Waals surface area (Å²) < 4.78 is 5.21. The summed E-state index contributed by atoms with van der Waals surface area (Å²) in [5, 5.41) is 14.6. The van der Waals surface area contributed by atoms with E-state index in [9.17, 15) is 14.9 Å². The average molecular weight is 416 g/mol. The van der Waals surface area contributed by atoms with Crippen molar-refractivity contribution in [2.75, 3.05) is 12.0 Å².